The monoisotopic (exact) mass is 676 g/mol. The van der Waals surface area contributed by atoms with E-state index in [4.69, 9.17) is 9.47 Å². The van der Waals surface area contributed by atoms with Crippen molar-refractivity contribution < 1.29 is 32.6 Å². The molecule has 3 rings (SSSR count). The van der Waals surface area contributed by atoms with E-state index >= 15 is 0 Å². The van der Waals surface area contributed by atoms with Crippen LogP contribution in [-0.4, -0.2) is 45.2 Å². The average molecular weight is 678 g/mol. The summed E-state index contributed by atoms with van der Waals surface area (Å²) < 4.78 is 43.2. The summed E-state index contributed by atoms with van der Waals surface area (Å²) in [6.45, 7) is 6.06. The molecule has 0 bridgehead atoms. The average Bonchev–Trinajstić information content (AvgIpc) is 2.93. The highest BCUT2D eigenvalue weighted by molar-refractivity contribution is 9.10. The first-order valence-electron chi connectivity index (χ1n) is 14.0. The Balaban J connectivity index is 1.68. The van der Waals surface area contributed by atoms with E-state index in [0.717, 1.165) is 21.6 Å². The van der Waals surface area contributed by atoms with Crippen molar-refractivity contribution in [2.45, 2.75) is 64.7 Å². The van der Waals surface area contributed by atoms with Gasteiger partial charge in [0.15, 0.2) is 0 Å². The van der Waals surface area contributed by atoms with Crippen LogP contribution in [0.2, 0.25) is 25.7 Å². The van der Waals surface area contributed by atoms with E-state index in [-0.39, 0.29) is 30.5 Å². The van der Waals surface area contributed by atoms with Crippen LogP contribution in [0.25, 0.3) is 0 Å². The Morgan fingerprint density at radius 2 is 1.70 bits per heavy atom. The van der Waals surface area contributed by atoms with Gasteiger partial charge in [0, 0.05) is 37.3 Å². The molecule has 1 atom stereocenters. The number of nitrogens with zero attached hydrogens (tertiary/aromatic N) is 1. The van der Waals surface area contributed by atoms with Gasteiger partial charge in [0.1, 0.15) is 18.1 Å². The predicted octanol–water partition coefficient (Wildman–Crippen LogP) is 8.67. The molecule has 0 aromatic heterocycles. The van der Waals surface area contributed by atoms with Gasteiger partial charge in [-0.05, 0) is 59.5 Å². The van der Waals surface area contributed by atoms with Crippen molar-refractivity contribution in [2.24, 2.45) is 0 Å². The molecule has 232 valence electrons. The molecule has 11 heteroatoms. The molecule has 0 aliphatic heterocycles. The lowest BCUT2D eigenvalue weighted by atomic mass is 9.96. The molecule has 0 saturated carbocycles. The first-order valence-corrected chi connectivity index (χ1v) is 18.5. The van der Waals surface area contributed by atoms with E-state index < -0.39 is 20.8 Å². The van der Waals surface area contributed by atoms with Gasteiger partial charge >= 0.3 is 12.7 Å². The molecule has 0 unspecified atom stereocenters. The summed E-state index contributed by atoms with van der Waals surface area (Å²) in [6, 6.07) is 20.7. The summed E-state index contributed by atoms with van der Waals surface area (Å²) in [5.41, 5.74) is 2.60. The van der Waals surface area contributed by atoms with Crippen LogP contribution in [0.15, 0.2) is 71.2 Å². The lowest BCUT2D eigenvalue weighted by Gasteiger charge is -2.21. The molecule has 1 N–H and O–H groups in total. The van der Waals surface area contributed by atoms with Gasteiger partial charge < -0.3 is 24.4 Å². The van der Waals surface area contributed by atoms with E-state index in [0.29, 0.717) is 30.2 Å². The van der Waals surface area contributed by atoms with Gasteiger partial charge in [0.2, 0.25) is 5.91 Å². The first kappa shape index (κ1) is 34.1. The van der Waals surface area contributed by atoms with Crippen molar-refractivity contribution in [1.82, 2.24) is 4.90 Å². The van der Waals surface area contributed by atoms with Crippen molar-refractivity contribution in [3.05, 3.63) is 87.9 Å². The number of carbonyl (C=O) groups excluding carboxylic acids is 2. The SMILES string of the molecule is C[C@H](CC(=O)Nc1ccc(OC(F)F)c(CN(C)C(=O)OCC[Si](C)(C)C)c1)c1cc(Br)ccc1OCc1ccccc1. The fraction of sp³-hybridized carbons (Fsp3) is 0.375. The Bertz CT molecular complexity index is 1370. The van der Waals surface area contributed by atoms with Gasteiger partial charge in [-0.3, -0.25) is 4.79 Å². The van der Waals surface area contributed by atoms with Crippen molar-refractivity contribution in [3.63, 3.8) is 0 Å². The van der Waals surface area contributed by atoms with Gasteiger partial charge in [-0.25, -0.2) is 4.79 Å². The summed E-state index contributed by atoms with van der Waals surface area (Å²) in [4.78, 5) is 26.9. The Kier molecular flexibility index (Phi) is 12.6. The van der Waals surface area contributed by atoms with Gasteiger partial charge in [0.05, 0.1) is 13.2 Å². The van der Waals surface area contributed by atoms with Crippen molar-refractivity contribution in [2.75, 3.05) is 19.0 Å². The number of carbonyl (C=O) groups is 2. The highest BCUT2D eigenvalue weighted by Gasteiger charge is 2.20. The molecular weight excluding hydrogens is 638 g/mol. The normalized spacial score (nSPS) is 12.0. The second-order valence-corrected chi connectivity index (χ2v) is 18.1. The topological polar surface area (TPSA) is 77.1 Å². The lowest BCUT2D eigenvalue weighted by molar-refractivity contribution is -0.116. The van der Waals surface area contributed by atoms with Crippen molar-refractivity contribution in [3.8, 4) is 11.5 Å². The number of halogens is 3. The molecule has 0 radical (unpaired) electrons. The van der Waals surface area contributed by atoms with Gasteiger partial charge in [-0.2, -0.15) is 8.78 Å². The number of amides is 2. The molecule has 0 fully saturated rings. The van der Waals surface area contributed by atoms with Gasteiger partial charge in [-0.1, -0.05) is 72.8 Å². The minimum Gasteiger partial charge on any atom is -0.489 e. The van der Waals surface area contributed by atoms with Crippen molar-refractivity contribution in [1.29, 1.82) is 0 Å². The largest absolute Gasteiger partial charge is 0.489 e. The standard InChI is InChI=1S/C32H39BrF2N2O5Si/c1-22(27-19-25(33)11-13-29(27)41-21-23-9-7-6-8-10-23)17-30(38)36-26-12-14-28(42-31(34)35)24(18-26)20-37(2)32(39)40-15-16-43(3,4)5/h6-14,18-19,22,31H,15-17,20-21H2,1-5H3,(H,36,38)/t22-/m1/s1. The minimum absolute atomic E-state index is 0.0475. The quantitative estimate of drug-likeness (QED) is 0.173. The molecule has 0 heterocycles. The second kappa shape index (κ2) is 15.9. The number of ether oxygens (including phenoxy) is 3. The number of benzene rings is 3. The lowest BCUT2D eigenvalue weighted by Crippen LogP contribution is -2.30. The summed E-state index contributed by atoms with van der Waals surface area (Å²) in [6.07, 6.45) is -0.421. The van der Waals surface area contributed by atoms with E-state index in [1.54, 1.807) is 0 Å². The predicted molar refractivity (Wildman–Crippen MR) is 171 cm³/mol. The number of alkyl halides is 2. The number of hydrogen-bond acceptors (Lipinski definition) is 5. The second-order valence-electron chi connectivity index (χ2n) is 11.6. The molecule has 3 aromatic carbocycles. The smallest absolute Gasteiger partial charge is 0.409 e. The van der Waals surface area contributed by atoms with Crippen LogP contribution in [-0.2, 0) is 22.7 Å². The molecule has 3 aromatic rings. The molecule has 0 saturated heterocycles. The van der Waals surface area contributed by atoms with E-state index in [2.05, 4.69) is 45.6 Å². The molecule has 43 heavy (non-hydrogen) atoms. The fourth-order valence-electron chi connectivity index (χ4n) is 4.24. The summed E-state index contributed by atoms with van der Waals surface area (Å²) >= 11 is 3.51. The summed E-state index contributed by atoms with van der Waals surface area (Å²) in [5, 5.41) is 2.84. The van der Waals surface area contributed by atoms with Crippen LogP contribution in [0.3, 0.4) is 0 Å². The molecule has 0 aliphatic carbocycles. The van der Waals surface area contributed by atoms with Crippen LogP contribution in [0.1, 0.15) is 36.0 Å². The number of nitrogens with one attached hydrogen (secondary N) is 1. The number of hydrogen-bond donors (Lipinski definition) is 1. The zero-order valence-corrected chi connectivity index (χ0v) is 27.7. The van der Waals surface area contributed by atoms with Crippen LogP contribution in [0.5, 0.6) is 11.5 Å². The van der Waals surface area contributed by atoms with Crippen LogP contribution >= 0.6 is 15.9 Å². The third-order valence-electron chi connectivity index (χ3n) is 6.59. The molecule has 0 aliphatic rings. The Morgan fingerprint density at radius 1 is 1.00 bits per heavy atom. The molecular formula is C32H39BrF2N2O5Si. The highest BCUT2D eigenvalue weighted by atomic mass is 79.9. The Morgan fingerprint density at radius 3 is 2.37 bits per heavy atom. The van der Waals surface area contributed by atoms with Crippen molar-refractivity contribution >= 4 is 41.7 Å². The maximum Gasteiger partial charge on any atom is 0.409 e. The van der Waals surface area contributed by atoms with Crippen LogP contribution in [0, 0.1) is 0 Å². The minimum atomic E-state index is -3.04. The zero-order chi connectivity index (χ0) is 31.6. The highest BCUT2D eigenvalue weighted by Crippen LogP contribution is 2.33. The summed E-state index contributed by atoms with van der Waals surface area (Å²) in [7, 11) is 0.129. The number of rotatable bonds is 14. The third kappa shape index (κ3) is 11.6. The third-order valence-corrected chi connectivity index (χ3v) is 8.79. The van der Waals surface area contributed by atoms with E-state index in [1.807, 2.05) is 55.5 Å². The maximum absolute atomic E-state index is 13.1. The molecule has 7 nitrogen and oxygen atoms in total. The maximum atomic E-state index is 13.1. The van der Waals surface area contributed by atoms with E-state index in [9.17, 15) is 18.4 Å². The van der Waals surface area contributed by atoms with Gasteiger partial charge in [-0.15, -0.1) is 0 Å². The zero-order valence-electron chi connectivity index (χ0n) is 25.2. The molecule has 2 amide bonds. The van der Waals surface area contributed by atoms with Crippen LogP contribution in [0.4, 0.5) is 19.3 Å². The van der Waals surface area contributed by atoms with Crippen LogP contribution < -0.4 is 14.8 Å². The first-order chi connectivity index (χ1) is 20.3. The Labute approximate surface area is 261 Å². The Hall–Kier alpha value is -3.44. The fourth-order valence-corrected chi connectivity index (χ4v) is 5.33. The molecule has 0 spiro atoms. The van der Waals surface area contributed by atoms with Gasteiger partial charge in [0.25, 0.3) is 0 Å². The van der Waals surface area contributed by atoms with E-state index in [1.165, 1.54) is 30.1 Å². The summed E-state index contributed by atoms with van der Waals surface area (Å²) in [5.74, 6) is 0.135. The number of anilines is 1.